The third kappa shape index (κ3) is 4.17. The summed E-state index contributed by atoms with van der Waals surface area (Å²) in [5.74, 6) is 0.595. The van der Waals surface area contributed by atoms with Crippen LogP contribution < -0.4 is 5.32 Å². The van der Waals surface area contributed by atoms with E-state index < -0.39 is 0 Å². The molecule has 2 heteroatoms. The first kappa shape index (κ1) is 14.7. The Morgan fingerprint density at radius 2 is 1.70 bits per heavy atom. The lowest BCUT2D eigenvalue weighted by Gasteiger charge is -2.15. The van der Waals surface area contributed by atoms with Gasteiger partial charge < -0.3 is 5.32 Å². The summed E-state index contributed by atoms with van der Waals surface area (Å²) >= 11 is 0. The second-order valence-corrected chi connectivity index (χ2v) is 5.61. The standard InChI is InChI=1S/C18H24N2/c1-14(2)17-6-8-18(9-7-17)15(3)20-12-10-16-5-4-11-19-13-16/h4-9,11,13-15,20H,10,12H2,1-3H3. The molecule has 0 fully saturated rings. The van der Waals surface area contributed by atoms with Crippen molar-refractivity contribution in [3.63, 3.8) is 0 Å². The van der Waals surface area contributed by atoms with E-state index in [2.05, 4.69) is 61.4 Å². The first-order valence-corrected chi connectivity index (χ1v) is 7.39. The van der Waals surface area contributed by atoms with Gasteiger partial charge in [-0.3, -0.25) is 4.98 Å². The van der Waals surface area contributed by atoms with Crippen molar-refractivity contribution < 1.29 is 0 Å². The molecule has 1 unspecified atom stereocenters. The van der Waals surface area contributed by atoms with E-state index in [1.165, 1.54) is 16.7 Å². The fraction of sp³-hybridized carbons (Fsp3) is 0.389. The summed E-state index contributed by atoms with van der Waals surface area (Å²) in [5.41, 5.74) is 4.03. The highest BCUT2D eigenvalue weighted by molar-refractivity contribution is 5.26. The van der Waals surface area contributed by atoms with Gasteiger partial charge in [-0.05, 0) is 48.6 Å². The van der Waals surface area contributed by atoms with E-state index >= 15 is 0 Å². The zero-order valence-electron chi connectivity index (χ0n) is 12.6. The maximum absolute atomic E-state index is 4.14. The fourth-order valence-corrected chi connectivity index (χ4v) is 2.27. The van der Waals surface area contributed by atoms with E-state index in [0.29, 0.717) is 12.0 Å². The second kappa shape index (κ2) is 7.20. The molecule has 2 nitrogen and oxygen atoms in total. The summed E-state index contributed by atoms with van der Waals surface area (Å²) in [6.45, 7) is 7.64. The average molecular weight is 268 g/mol. The molecule has 1 aromatic carbocycles. The predicted molar refractivity (Wildman–Crippen MR) is 84.9 cm³/mol. The van der Waals surface area contributed by atoms with Crippen LogP contribution in [-0.2, 0) is 6.42 Å². The minimum atomic E-state index is 0.382. The van der Waals surface area contributed by atoms with Gasteiger partial charge in [0.2, 0.25) is 0 Å². The molecule has 0 amide bonds. The molecule has 0 aliphatic carbocycles. The molecule has 0 saturated heterocycles. The summed E-state index contributed by atoms with van der Waals surface area (Å²) in [4.78, 5) is 4.14. The first-order valence-electron chi connectivity index (χ1n) is 7.39. The summed E-state index contributed by atoms with van der Waals surface area (Å²) in [6, 6.07) is 13.4. The van der Waals surface area contributed by atoms with Gasteiger partial charge in [0, 0.05) is 18.4 Å². The van der Waals surface area contributed by atoms with Crippen LogP contribution in [0.1, 0.15) is 49.4 Å². The van der Waals surface area contributed by atoms with Crippen LogP contribution in [0.3, 0.4) is 0 Å². The van der Waals surface area contributed by atoms with E-state index in [1.54, 1.807) is 0 Å². The Kier molecular flexibility index (Phi) is 5.31. The average Bonchev–Trinajstić information content (AvgIpc) is 2.48. The van der Waals surface area contributed by atoms with Crippen LogP contribution >= 0.6 is 0 Å². The van der Waals surface area contributed by atoms with Gasteiger partial charge in [0.1, 0.15) is 0 Å². The van der Waals surface area contributed by atoms with Crippen molar-refractivity contribution in [3.05, 3.63) is 65.5 Å². The van der Waals surface area contributed by atoms with Crippen LogP contribution in [0.4, 0.5) is 0 Å². The molecular formula is C18H24N2. The number of nitrogens with zero attached hydrogens (tertiary/aromatic N) is 1. The SMILES string of the molecule is CC(C)c1ccc(C(C)NCCc2cccnc2)cc1. The Bertz CT molecular complexity index is 503. The predicted octanol–water partition coefficient (Wildman–Crippen LogP) is 4.10. The Morgan fingerprint density at radius 3 is 2.30 bits per heavy atom. The molecule has 0 aliphatic rings. The molecule has 0 aliphatic heterocycles. The van der Waals surface area contributed by atoms with Crippen molar-refractivity contribution in [1.29, 1.82) is 0 Å². The Balaban J connectivity index is 1.84. The summed E-state index contributed by atoms with van der Waals surface area (Å²) < 4.78 is 0. The van der Waals surface area contributed by atoms with Gasteiger partial charge in [0.15, 0.2) is 0 Å². The molecule has 2 aromatic rings. The minimum absolute atomic E-state index is 0.382. The molecule has 0 radical (unpaired) electrons. The quantitative estimate of drug-likeness (QED) is 0.853. The number of hydrogen-bond donors (Lipinski definition) is 1. The van der Waals surface area contributed by atoms with Crippen LogP contribution in [0.5, 0.6) is 0 Å². The summed E-state index contributed by atoms with van der Waals surface area (Å²) in [7, 11) is 0. The first-order chi connectivity index (χ1) is 9.66. The number of pyridine rings is 1. The number of rotatable bonds is 6. The van der Waals surface area contributed by atoms with Gasteiger partial charge in [-0.15, -0.1) is 0 Å². The molecule has 1 heterocycles. The minimum Gasteiger partial charge on any atom is -0.310 e. The Labute approximate surface area is 122 Å². The van der Waals surface area contributed by atoms with Crippen LogP contribution in [-0.4, -0.2) is 11.5 Å². The zero-order chi connectivity index (χ0) is 14.4. The molecule has 2 rings (SSSR count). The lowest BCUT2D eigenvalue weighted by Crippen LogP contribution is -2.21. The lowest BCUT2D eigenvalue weighted by molar-refractivity contribution is 0.576. The smallest absolute Gasteiger partial charge is 0.0300 e. The van der Waals surface area contributed by atoms with Crippen molar-refractivity contribution in [3.8, 4) is 0 Å². The van der Waals surface area contributed by atoms with E-state index in [9.17, 15) is 0 Å². The lowest BCUT2D eigenvalue weighted by atomic mass is 9.99. The maximum Gasteiger partial charge on any atom is 0.0300 e. The van der Waals surface area contributed by atoms with Crippen molar-refractivity contribution in [2.75, 3.05) is 6.54 Å². The molecule has 1 aromatic heterocycles. The van der Waals surface area contributed by atoms with E-state index in [0.717, 1.165) is 13.0 Å². The Hall–Kier alpha value is -1.67. The topological polar surface area (TPSA) is 24.9 Å². The third-order valence-electron chi connectivity index (χ3n) is 3.69. The highest BCUT2D eigenvalue weighted by Crippen LogP contribution is 2.18. The maximum atomic E-state index is 4.14. The third-order valence-corrected chi connectivity index (χ3v) is 3.69. The van der Waals surface area contributed by atoms with Crippen molar-refractivity contribution in [1.82, 2.24) is 10.3 Å². The zero-order valence-corrected chi connectivity index (χ0v) is 12.6. The van der Waals surface area contributed by atoms with E-state index in [1.807, 2.05) is 18.5 Å². The van der Waals surface area contributed by atoms with E-state index in [4.69, 9.17) is 0 Å². The van der Waals surface area contributed by atoms with Gasteiger partial charge in [0.05, 0.1) is 0 Å². The molecule has 0 saturated carbocycles. The van der Waals surface area contributed by atoms with Crippen LogP contribution in [0.15, 0.2) is 48.8 Å². The van der Waals surface area contributed by atoms with Gasteiger partial charge >= 0.3 is 0 Å². The highest BCUT2D eigenvalue weighted by Gasteiger charge is 2.05. The molecule has 106 valence electrons. The van der Waals surface area contributed by atoms with Gasteiger partial charge in [0.25, 0.3) is 0 Å². The molecule has 20 heavy (non-hydrogen) atoms. The van der Waals surface area contributed by atoms with Gasteiger partial charge in [-0.25, -0.2) is 0 Å². The van der Waals surface area contributed by atoms with Gasteiger partial charge in [-0.1, -0.05) is 44.2 Å². The Morgan fingerprint density at radius 1 is 1.00 bits per heavy atom. The fourth-order valence-electron chi connectivity index (χ4n) is 2.27. The van der Waals surface area contributed by atoms with Crippen molar-refractivity contribution in [2.24, 2.45) is 0 Å². The molecular weight excluding hydrogens is 244 g/mol. The van der Waals surface area contributed by atoms with Gasteiger partial charge in [-0.2, -0.15) is 0 Å². The number of nitrogens with one attached hydrogen (secondary N) is 1. The summed E-state index contributed by atoms with van der Waals surface area (Å²) in [6.07, 6.45) is 4.77. The summed E-state index contributed by atoms with van der Waals surface area (Å²) in [5, 5.41) is 3.57. The number of aromatic nitrogens is 1. The number of hydrogen-bond acceptors (Lipinski definition) is 2. The van der Waals surface area contributed by atoms with Crippen LogP contribution in [0.2, 0.25) is 0 Å². The monoisotopic (exact) mass is 268 g/mol. The van der Waals surface area contributed by atoms with E-state index in [-0.39, 0.29) is 0 Å². The molecule has 0 bridgehead atoms. The van der Waals surface area contributed by atoms with Crippen molar-refractivity contribution >= 4 is 0 Å². The largest absolute Gasteiger partial charge is 0.310 e. The molecule has 1 atom stereocenters. The second-order valence-electron chi connectivity index (χ2n) is 5.61. The number of benzene rings is 1. The van der Waals surface area contributed by atoms with Crippen molar-refractivity contribution in [2.45, 2.75) is 39.2 Å². The highest BCUT2D eigenvalue weighted by atomic mass is 14.9. The van der Waals surface area contributed by atoms with Crippen LogP contribution in [0.25, 0.3) is 0 Å². The molecule has 1 N–H and O–H groups in total. The normalized spacial score (nSPS) is 12.6. The molecule has 0 spiro atoms. The van der Waals surface area contributed by atoms with Crippen LogP contribution in [0, 0.1) is 0 Å².